The number of rotatable bonds is 5. The number of methoxy groups -OCH3 is 2. The molecular formula is C16H16N4O2. The van der Waals surface area contributed by atoms with Crippen molar-refractivity contribution < 1.29 is 9.47 Å². The fraction of sp³-hybridized carbons (Fsp3) is 0.188. The number of pyridine rings is 1. The van der Waals surface area contributed by atoms with Gasteiger partial charge in [0, 0.05) is 24.3 Å². The Kier molecular flexibility index (Phi) is 4.00. The van der Waals surface area contributed by atoms with Crippen LogP contribution >= 0.6 is 0 Å². The lowest BCUT2D eigenvalue weighted by molar-refractivity contribution is 0.358. The molecule has 0 atom stereocenters. The predicted octanol–water partition coefficient (Wildman–Crippen LogP) is 2.65. The third-order valence-corrected chi connectivity index (χ3v) is 3.33. The van der Waals surface area contributed by atoms with Gasteiger partial charge >= 0.3 is 0 Å². The summed E-state index contributed by atoms with van der Waals surface area (Å²) in [5.41, 5.74) is 1.79. The quantitative estimate of drug-likeness (QED) is 0.780. The molecule has 3 rings (SSSR count). The average Bonchev–Trinajstić information content (AvgIpc) is 2.59. The molecule has 0 saturated carbocycles. The summed E-state index contributed by atoms with van der Waals surface area (Å²) in [6.07, 6.45) is 5.08. The summed E-state index contributed by atoms with van der Waals surface area (Å²) in [4.78, 5) is 12.7. The zero-order chi connectivity index (χ0) is 15.4. The monoisotopic (exact) mass is 296 g/mol. The number of ether oxygens (including phenoxy) is 2. The Hall–Kier alpha value is -2.89. The smallest absolute Gasteiger partial charge is 0.187 e. The van der Waals surface area contributed by atoms with Gasteiger partial charge in [-0.1, -0.05) is 6.07 Å². The summed E-state index contributed by atoms with van der Waals surface area (Å²) < 4.78 is 10.7. The summed E-state index contributed by atoms with van der Waals surface area (Å²) in [5.74, 6) is 1.99. The number of aromatic nitrogens is 3. The normalized spacial score (nSPS) is 10.5. The molecular weight excluding hydrogens is 280 g/mol. The molecule has 2 heterocycles. The van der Waals surface area contributed by atoms with Crippen LogP contribution < -0.4 is 14.8 Å². The van der Waals surface area contributed by atoms with Gasteiger partial charge in [0.15, 0.2) is 11.5 Å². The minimum absolute atomic E-state index is 0.604. The van der Waals surface area contributed by atoms with Crippen molar-refractivity contribution in [2.75, 3.05) is 19.5 Å². The zero-order valence-electron chi connectivity index (χ0n) is 12.4. The Morgan fingerprint density at radius 2 is 2.00 bits per heavy atom. The van der Waals surface area contributed by atoms with Crippen LogP contribution in [-0.2, 0) is 6.54 Å². The maximum absolute atomic E-state index is 5.41. The van der Waals surface area contributed by atoms with Crippen LogP contribution in [0.1, 0.15) is 5.56 Å². The largest absolute Gasteiger partial charge is 0.493 e. The summed E-state index contributed by atoms with van der Waals surface area (Å²) in [7, 11) is 3.20. The van der Waals surface area contributed by atoms with E-state index in [2.05, 4.69) is 20.3 Å². The number of nitrogens with zero attached hydrogens (tertiary/aromatic N) is 3. The number of benzene rings is 1. The van der Waals surface area contributed by atoms with E-state index in [9.17, 15) is 0 Å². The highest BCUT2D eigenvalue weighted by molar-refractivity contribution is 5.94. The molecule has 6 heteroatoms. The van der Waals surface area contributed by atoms with Gasteiger partial charge in [-0.2, -0.15) is 0 Å². The Morgan fingerprint density at radius 3 is 2.73 bits per heavy atom. The van der Waals surface area contributed by atoms with Crippen LogP contribution in [0.25, 0.3) is 10.9 Å². The van der Waals surface area contributed by atoms with Gasteiger partial charge < -0.3 is 14.8 Å². The first-order valence-corrected chi connectivity index (χ1v) is 6.82. The molecule has 0 fully saturated rings. The van der Waals surface area contributed by atoms with Crippen LogP contribution in [0.2, 0.25) is 0 Å². The molecule has 0 saturated heterocycles. The van der Waals surface area contributed by atoms with Crippen molar-refractivity contribution in [1.82, 2.24) is 15.0 Å². The molecule has 1 N–H and O–H groups in total. The molecule has 1 aromatic carbocycles. The first-order chi connectivity index (χ1) is 10.8. The van der Waals surface area contributed by atoms with Gasteiger partial charge in [-0.05, 0) is 23.8 Å². The van der Waals surface area contributed by atoms with E-state index in [0.29, 0.717) is 23.6 Å². The van der Waals surface area contributed by atoms with Gasteiger partial charge in [0.1, 0.15) is 17.7 Å². The Balaban J connectivity index is 1.97. The van der Waals surface area contributed by atoms with Crippen molar-refractivity contribution >= 4 is 16.7 Å². The molecule has 0 aliphatic heterocycles. The second-order valence-electron chi connectivity index (χ2n) is 4.63. The Morgan fingerprint density at radius 1 is 1.09 bits per heavy atom. The third-order valence-electron chi connectivity index (χ3n) is 3.33. The van der Waals surface area contributed by atoms with E-state index in [-0.39, 0.29) is 0 Å². The lowest BCUT2D eigenvalue weighted by Gasteiger charge is -2.12. The van der Waals surface area contributed by atoms with Crippen molar-refractivity contribution in [3.63, 3.8) is 0 Å². The summed E-state index contributed by atoms with van der Waals surface area (Å²) in [6, 6.07) is 7.68. The molecule has 0 amide bonds. The molecule has 0 bridgehead atoms. The van der Waals surface area contributed by atoms with E-state index < -0.39 is 0 Å². The van der Waals surface area contributed by atoms with Crippen molar-refractivity contribution in [2.24, 2.45) is 0 Å². The van der Waals surface area contributed by atoms with Gasteiger partial charge in [-0.15, -0.1) is 0 Å². The molecule has 0 spiro atoms. The SMILES string of the molecule is COc1ccc2c(NCc3cccnc3)ncnc2c1OC. The van der Waals surface area contributed by atoms with Crippen molar-refractivity contribution in [3.05, 3.63) is 48.5 Å². The van der Waals surface area contributed by atoms with Gasteiger partial charge in [0.2, 0.25) is 0 Å². The first kappa shape index (κ1) is 14.1. The first-order valence-electron chi connectivity index (χ1n) is 6.82. The third kappa shape index (κ3) is 2.63. The number of hydrogen-bond donors (Lipinski definition) is 1. The van der Waals surface area contributed by atoms with E-state index >= 15 is 0 Å². The minimum Gasteiger partial charge on any atom is -0.493 e. The molecule has 112 valence electrons. The van der Waals surface area contributed by atoms with Crippen molar-refractivity contribution in [3.8, 4) is 11.5 Å². The van der Waals surface area contributed by atoms with E-state index in [1.807, 2.05) is 30.5 Å². The zero-order valence-corrected chi connectivity index (χ0v) is 12.4. The fourth-order valence-corrected chi connectivity index (χ4v) is 2.27. The van der Waals surface area contributed by atoms with Crippen LogP contribution in [0.4, 0.5) is 5.82 Å². The number of anilines is 1. The number of hydrogen-bond acceptors (Lipinski definition) is 6. The second-order valence-corrected chi connectivity index (χ2v) is 4.63. The molecule has 3 aromatic rings. The molecule has 0 aliphatic rings. The number of nitrogens with one attached hydrogen (secondary N) is 1. The summed E-state index contributed by atoms with van der Waals surface area (Å²) in [5, 5.41) is 4.18. The Bertz CT molecular complexity index is 778. The number of fused-ring (bicyclic) bond motifs is 1. The molecule has 6 nitrogen and oxygen atoms in total. The second kappa shape index (κ2) is 6.26. The van der Waals surface area contributed by atoms with Gasteiger partial charge in [-0.25, -0.2) is 9.97 Å². The molecule has 2 aromatic heterocycles. The van der Waals surface area contributed by atoms with E-state index in [1.54, 1.807) is 20.4 Å². The van der Waals surface area contributed by atoms with Crippen LogP contribution in [0.5, 0.6) is 11.5 Å². The van der Waals surface area contributed by atoms with Gasteiger partial charge in [0.25, 0.3) is 0 Å². The van der Waals surface area contributed by atoms with Crippen molar-refractivity contribution in [1.29, 1.82) is 0 Å². The average molecular weight is 296 g/mol. The minimum atomic E-state index is 0.604. The highest BCUT2D eigenvalue weighted by Gasteiger charge is 2.13. The van der Waals surface area contributed by atoms with E-state index in [0.717, 1.165) is 16.8 Å². The molecule has 22 heavy (non-hydrogen) atoms. The Labute approximate surface area is 128 Å². The van der Waals surface area contributed by atoms with Crippen LogP contribution in [0.15, 0.2) is 43.0 Å². The molecule has 0 unspecified atom stereocenters. The fourth-order valence-electron chi connectivity index (χ4n) is 2.27. The lowest BCUT2D eigenvalue weighted by atomic mass is 10.2. The van der Waals surface area contributed by atoms with E-state index in [4.69, 9.17) is 9.47 Å². The summed E-state index contributed by atoms with van der Waals surface area (Å²) >= 11 is 0. The van der Waals surface area contributed by atoms with Gasteiger partial charge in [0.05, 0.1) is 14.2 Å². The lowest BCUT2D eigenvalue weighted by Crippen LogP contribution is -2.03. The highest BCUT2D eigenvalue weighted by Crippen LogP contribution is 2.35. The standard InChI is InChI=1S/C16H16N4O2/c1-21-13-6-5-12-14(15(13)22-2)19-10-20-16(12)18-9-11-4-3-7-17-8-11/h3-8,10H,9H2,1-2H3,(H,18,19,20). The summed E-state index contributed by atoms with van der Waals surface area (Å²) in [6.45, 7) is 0.633. The van der Waals surface area contributed by atoms with Crippen LogP contribution in [-0.4, -0.2) is 29.2 Å². The topological polar surface area (TPSA) is 69.2 Å². The van der Waals surface area contributed by atoms with Crippen molar-refractivity contribution in [2.45, 2.75) is 6.54 Å². The van der Waals surface area contributed by atoms with Crippen LogP contribution in [0.3, 0.4) is 0 Å². The maximum Gasteiger partial charge on any atom is 0.187 e. The molecule has 0 aliphatic carbocycles. The predicted molar refractivity (Wildman–Crippen MR) is 84.2 cm³/mol. The van der Waals surface area contributed by atoms with E-state index in [1.165, 1.54) is 6.33 Å². The maximum atomic E-state index is 5.41. The highest BCUT2D eigenvalue weighted by atomic mass is 16.5. The van der Waals surface area contributed by atoms with Gasteiger partial charge in [-0.3, -0.25) is 4.98 Å². The van der Waals surface area contributed by atoms with Crippen LogP contribution in [0, 0.1) is 0 Å². The molecule has 0 radical (unpaired) electrons.